The number of aromatic nitrogens is 4. The molecule has 7 nitrogen and oxygen atoms in total. The van der Waals surface area contributed by atoms with Crippen molar-refractivity contribution >= 4 is 26.3 Å². The summed E-state index contributed by atoms with van der Waals surface area (Å²) < 4.78 is 26.0. The summed E-state index contributed by atoms with van der Waals surface area (Å²) in [6, 6.07) is 0. The number of hydrogen-bond acceptors (Lipinski definition) is 6. The summed E-state index contributed by atoms with van der Waals surface area (Å²) in [6.07, 6.45) is 4.48. The van der Waals surface area contributed by atoms with Gasteiger partial charge in [0.1, 0.15) is 11.3 Å². The first-order valence-corrected chi connectivity index (χ1v) is 8.32. The molecule has 2 aromatic rings. The molecular weight excluding hydrogens is 274 g/mol. The maximum Gasteiger partial charge on any atom is 0.234 e. The van der Waals surface area contributed by atoms with Crippen LogP contribution in [0.5, 0.6) is 0 Å². The Balaban J connectivity index is 1.75. The number of sulfonamides is 1. The average Bonchev–Trinajstić information content (AvgIpc) is 2.88. The fourth-order valence-electron chi connectivity index (χ4n) is 2.17. The van der Waals surface area contributed by atoms with E-state index in [1.165, 1.54) is 21.9 Å². The second kappa shape index (κ2) is 4.25. The molecule has 1 fully saturated rings. The summed E-state index contributed by atoms with van der Waals surface area (Å²) in [5.74, 6) is 0.328. The second-order valence-electron chi connectivity index (χ2n) is 4.43. The van der Waals surface area contributed by atoms with E-state index < -0.39 is 10.0 Å². The minimum absolute atomic E-state index is 0.328. The first-order valence-electron chi connectivity index (χ1n) is 5.66. The van der Waals surface area contributed by atoms with Gasteiger partial charge in [0.25, 0.3) is 0 Å². The maximum atomic E-state index is 11.4. The van der Waals surface area contributed by atoms with Crippen molar-refractivity contribution in [3.63, 3.8) is 0 Å². The predicted octanol–water partition coefficient (Wildman–Crippen LogP) is 0.325. The van der Waals surface area contributed by atoms with Crippen LogP contribution in [0.3, 0.4) is 0 Å². The zero-order chi connectivity index (χ0) is 12.8. The van der Waals surface area contributed by atoms with E-state index in [9.17, 15) is 8.42 Å². The zero-order valence-corrected chi connectivity index (χ0v) is 11.5. The van der Waals surface area contributed by atoms with E-state index in [0.717, 1.165) is 22.8 Å². The molecule has 0 saturated carbocycles. The quantitative estimate of drug-likeness (QED) is 0.795. The van der Waals surface area contributed by atoms with E-state index in [1.54, 1.807) is 10.8 Å². The molecule has 18 heavy (non-hydrogen) atoms. The van der Waals surface area contributed by atoms with Crippen molar-refractivity contribution in [1.29, 1.82) is 0 Å². The monoisotopic (exact) mass is 287 g/mol. The Hall–Kier alpha value is -1.06. The minimum Gasteiger partial charge on any atom is -0.213 e. The fraction of sp³-hybridized carbons (Fsp3) is 0.667. The lowest BCUT2D eigenvalue weighted by Crippen LogP contribution is -2.37. The van der Waals surface area contributed by atoms with Gasteiger partial charge in [0.05, 0.1) is 6.26 Å². The van der Waals surface area contributed by atoms with Crippen LogP contribution in [0.15, 0.2) is 6.33 Å². The van der Waals surface area contributed by atoms with E-state index in [-0.39, 0.29) is 0 Å². The Morgan fingerprint density at radius 3 is 2.72 bits per heavy atom. The van der Waals surface area contributed by atoms with Crippen molar-refractivity contribution in [2.75, 3.05) is 19.3 Å². The topological polar surface area (TPSA) is 80.5 Å². The fourth-order valence-corrected chi connectivity index (χ4v) is 4.04. The lowest BCUT2D eigenvalue weighted by molar-refractivity contribution is 0.320. The van der Waals surface area contributed by atoms with Gasteiger partial charge in [-0.3, -0.25) is 0 Å². The highest BCUT2D eigenvalue weighted by atomic mass is 32.2. The molecule has 0 amide bonds. The average molecular weight is 287 g/mol. The van der Waals surface area contributed by atoms with Gasteiger partial charge in [0.15, 0.2) is 0 Å². The molecule has 9 heteroatoms. The van der Waals surface area contributed by atoms with E-state index in [2.05, 4.69) is 15.3 Å². The van der Waals surface area contributed by atoms with Crippen LogP contribution in [0.4, 0.5) is 0 Å². The lowest BCUT2D eigenvalue weighted by atomic mass is 9.99. The van der Waals surface area contributed by atoms with Crippen molar-refractivity contribution in [2.24, 2.45) is 0 Å². The summed E-state index contributed by atoms with van der Waals surface area (Å²) in [5.41, 5.74) is 0. The Labute approximate surface area is 108 Å². The normalized spacial score (nSPS) is 19.6. The zero-order valence-electron chi connectivity index (χ0n) is 9.85. The van der Waals surface area contributed by atoms with Crippen LogP contribution in [0.1, 0.15) is 23.8 Å². The molecule has 1 aliphatic heterocycles. The van der Waals surface area contributed by atoms with Gasteiger partial charge in [-0.2, -0.15) is 9.61 Å². The van der Waals surface area contributed by atoms with Crippen LogP contribution in [0.25, 0.3) is 4.96 Å². The lowest BCUT2D eigenvalue weighted by Gasteiger charge is -2.28. The van der Waals surface area contributed by atoms with Crippen molar-refractivity contribution < 1.29 is 8.42 Å². The maximum absolute atomic E-state index is 11.4. The third kappa shape index (κ3) is 2.13. The minimum atomic E-state index is -3.06. The standard InChI is InChI=1S/C9H13N5O2S2/c1-18(15,16)13-4-2-7(3-5-13)8-12-14-6-10-11-9(14)17-8/h6-7H,2-5H2,1H3. The Morgan fingerprint density at radius 2 is 2.11 bits per heavy atom. The van der Waals surface area contributed by atoms with E-state index in [0.29, 0.717) is 19.0 Å². The third-order valence-electron chi connectivity index (χ3n) is 3.17. The number of piperidine rings is 1. The van der Waals surface area contributed by atoms with Crippen molar-refractivity contribution in [1.82, 2.24) is 24.1 Å². The number of nitrogens with zero attached hydrogens (tertiary/aromatic N) is 5. The predicted molar refractivity (Wildman–Crippen MR) is 67.1 cm³/mol. The van der Waals surface area contributed by atoms with Crippen molar-refractivity contribution in [3.05, 3.63) is 11.3 Å². The van der Waals surface area contributed by atoms with Gasteiger partial charge in [-0.15, -0.1) is 10.2 Å². The summed E-state index contributed by atoms with van der Waals surface area (Å²) >= 11 is 1.53. The molecule has 0 spiro atoms. The van der Waals surface area contributed by atoms with Crippen molar-refractivity contribution in [2.45, 2.75) is 18.8 Å². The Kier molecular flexibility index (Phi) is 2.83. The highest BCUT2D eigenvalue weighted by molar-refractivity contribution is 7.88. The highest BCUT2D eigenvalue weighted by Gasteiger charge is 2.27. The molecular formula is C9H13N5O2S2. The van der Waals surface area contributed by atoms with Gasteiger partial charge in [-0.1, -0.05) is 11.3 Å². The van der Waals surface area contributed by atoms with Gasteiger partial charge in [0.2, 0.25) is 15.0 Å². The van der Waals surface area contributed by atoms with Gasteiger partial charge in [-0.05, 0) is 12.8 Å². The molecule has 0 unspecified atom stereocenters. The summed E-state index contributed by atoms with van der Waals surface area (Å²) in [7, 11) is -3.06. The molecule has 1 saturated heterocycles. The van der Waals surface area contributed by atoms with Gasteiger partial charge < -0.3 is 0 Å². The highest BCUT2D eigenvalue weighted by Crippen LogP contribution is 2.31. The molecule has 3 rings (SSSR count). The second-order valence-corrected chi connectivity index (χ2v) is 7.40. The van der Waals surface area contributed by atoms with Crippen LogP contribution in [-0.2, 0) is 10.0 Å². The van der Waals surface area contributed by atoms with Crippen molar-refractivity contribution in [3.8, 4) is 0 Å². The molecule has 0 N–H and O–H groups in total. The van der Waals surface area contributed by atoms with Crippen LogP contribution in [0, 0.1) is 0 Å². The van der Waals surface area contributed by atoms with Gasteiger partial charge in [0, 0.05) is 19.0 Å². The molecule has 0 bridgehead atoms. The van der Waals surface area contributed by atoms with Crippen LogP contribution in [0.2, 0.25) is 0 Å². The largest absolute Gasteiger partial charge is 0.234 e. The first-order chi connectivity index (χ1) is 8.54. The van der Waals surface area contributed by atoms with Crippen LogP contribution < -0.4 is 0 Å². The van der Waals surface area contributed by atoms with Crippen LogP contribution in [-0.4, -0.2) is 51.9 Å². The van der Waals surface area contributed by atoms with Gasteiger partial charge in [-0.25, -0.2) is 12.7 Å². The molecule has 3 heterocycles. The number of hydrogen-bond donors (Lipinski definition) is 0. The van der Waals surface area contributed by atoms with E-state index in [4.69, 9.17) is 0 Å². The molecule has 0 radical (unpaired) electrons. The molecule has 0 aliphatic carbocycles. The van der Waals surface area contributed by atoms with E-state index >= 15 is 0 Å². The smallest absolute Gasteiger partial charge is 0.213 e. The molecule has 98 valence electrons. The summed E-state index contributed by atoms with van der Waals surface area (Å²) in [6.45, 7) is 1.15. The summed E-state index contributed by atoms with van der Waals surface area (Å²) in [5, 5.41) is 13.2. The summed E-state index contributed by atoms with van der Waals surface area (Å²) in [4.78, 5) is 0.788. The first kappa shape index (κ1) is 12.0. The van der Waals surface area contributed by atoms with Crippen LogP contribution >= 0.6 is 11.3 Å². The molecule has 2 aromatic heterocycles. The number of fused-ring (bicyclic) bond motifs is 1. The molecule has 1 aliphatic rings. The van der Waals surface area contributed by atoms with Gasteiger partial charge >= 0.3 is 0 Å². The Morgan fingerprint density at radius 1 is 1.39 bits per heavy atom. The Bertz CT molecular complexity index is 625. The molecule has 0 aromatic carbocycles. The molecule has 0 atom stereocenters. The third-order valence-corrected chi connectivity index (χ3v) is 5.55. The number of rotatable bonds is 2. The SMILES string of the molecule is CS(=O)(=O)N1CCC(c2nn3cnnc3s2)CC1. The van der Waals surface area contributed by atoms with E-state index in [1.807, 2.05) is 0 Å².